The molecule has 3 N–H and O–H groups in total. The van der Waals surface area contributed by atoms with Gasteiger partial charge in [-0.3, -0.25) is 4.79 Å². The van der Waals surface area contributed by atoms with E-state index < -0.39 is 21.8 Å². The molecule has 1 rings (SSSR count). The van der Waals surface area contributed by atoms with Crippen LogP contribution in [-0.2, 0) is 9.84 Å². The van der Waals surface area contributed by atoms with Crippen LogP contribution in [0, 0.1) is 0 Å². The van der Waals surface area contributed by atoms with Gasteiger partial charge in [0.1, 0.15) is 21.3 Å². The number of sulfone groups is 1. The van der Waals surface area contributed by atoms with E-state index in [2.05, 4.69) is 10.3 Å². The molecule has 0 bridgehead atoms. The van der Waals surface area contributed by atoms with E-state index in [0.717, 1.165) is 6.26 Å². The van der Waals surface area contributed by atoms with Gasteiger partial charge < -0.3 is 11.1 Å². The highest BCUT2D eigenvalue weighted by molar-refractivity contribution is 7.90. The first kappa shape index (κ1) is 14.7. The largest absolute Gasteiger partial charge is 0.384 e. The van der Waals surface area contributed by atoms with Crippen LogP contribution in [0.15, 0.2) is 12.1 Å². The average molecular weight is 292 g/mol. The Labute approximate surface area is 110 Å². The van der Waals surface area contributed by atoms with Crippen LogP contribution < -0.4 is 11.1 Å². The second-order valence-electron chi connectivity index (χ2n) is 4.03. The number of hydrogen-bond acceptors (Lipinski definition) is 5. The maximum absolute atomic E-state index is 11.8. The Morgan fingerprint density at radius 1 is 1.56 bits per heavy atom. The Hall–Kier alpha value is -1.34. The highest BCUT2D eigenvalue weighted by Crippen LogP contribution is 2.15. The third kappa shape index (κ3) is 4.50. The highest BCUT2D eigenvalue weighted by Gasteiger charge is 2.17. The Balaban J connectivity index is 2.80. The van der Waals surface area contributed by atoms with Gasteiger partial charge in [-0.05, 0) is 19.1 Å². The van der Waals surface area contributed by atoms with Gasteiger partial charge in [0.05, 0.1) is 10.8 Å². The maximum Gasteiger partial charge on any atom is 0.271 e. The van der Waals surface area contributed by atoms with Gasteiger partial charge in [-0.15, -0.1) is 0 Å². The van der Waals surface area contributed by atoms with Gasteiger partial charge in [-0.25, -0.2) is 13.4 Å². The van der Waals surface area contributed by atoms with Crippen LogP contribution in [0.2, 0.25) is 5.02 Å². The number of anilines is 1. The monoisotopic (exact) mass is 291 g/mol. The van der Waals surface area contributed by atoms with Crippen LogP contribution >= 0.6 is 11.6 Å². The summed E-state index contributed by atoms with van der Waals surface area (Å²) in [6, 6.07) is 2.39. The number of nitrogens with two attached hydrogens (primary N) is 1. The number of amides is 1. The van der Waals surface area contributed by atoms with E-state index in [-0.39, 0.29) is 22.3 Å². The maximum atomic E-state index is 11.8. The van der Waals surface area contributed by atoms with Gasteiger partial charge in [0, 0.05) is 12.3 Å². The van der Waals surface area contributed by atoms with Crippen molar-refractivity contribution in [1.82, 2.24) is 10.3 Å². The molecule has 0 spiro atoms. The Morgan fingerprint density at radius 3 is 2.72 bits per heavy atom. The molecule has 100 valence electrons. The number of carbonyl (C=O) groups excluding carboxylic acids is 1. The number of nitrogen functional groups attached to an aromatic ring is 1. The second-order valence-corrected chi connectivity index (χ2v) is 6.63. The molecule has 0 radical (unpaired) electrons. The van der Waals surface area contributed by atoms with E-state index in [0.29, 0.717) is 0 Å². The standard InChI is InChI=1S/C10H14ClN3O3S/c1-6(5-18(2,16)17)13-10(15)9-7(11)3-4-8(12)14-9/h3-4,6H,5H2,1-2H3,(H2,12,14)(H,13,15). The fourth-order valence-electron chi connectivity index (χ4n) is 1.40. The molecule has 6 nitrogen and oxygen atoms in total. The number of rotatable bonds is 4. The van der Waals surface area contributed by atoms with Crippen molar-refractivity contribution in [2.24, 2.45) is 0 Å². The summed E-state index contributed by atoms with van der Waals surface area (Å²) >= 11 is 5.81. The van der Waals surface area contributed by atoms with Crippen LogP contribution in [0.5, 0.6) is 0 Å². The van der Waals surface area contributed by atoms with Crippen molar-refractivity contribution >= 4 is 33.2 Å². The van der Waals surface area contributed by atoms with Gasteiger partial charge in [-0.2, -0.15) is 0 Å². The number of pyridine rings is 1. The van der Waals surface area contributed by atoms with Gasteiger partial charge in [0.25, 0.3) is 5.91 Å². The average Bonchev–Trinajstić information content (AvgIpc) is 2.18. The number of aromatic nitrogens is 1. The first-order valence-electron chi connectivity index (χ1n) is 5.09. The Kier molecular flexibility index (Phi) is 4.53. The van der Waals surface area contributed by atoms with Crippen molar-refractivity contribution in [2.75, 3.05) is 17.7 Å². The van der Waals surface area contributed by atoms with Crippen molar-refractivity contribution in [3.63, 3.8) is 0 Å². The van der Waals surface area contributed by atoms with E-state index >= 15 is 0 Å². The molecule has 0 saturated heterocycles. The number of hydrogen-bond donors (Lipinski definition) is 2. The molecule has 1 unspecified atom stereocenters. The molecule has 0 saturated carbocycles. The summed E-state index contributed by atoms with van der Waals surface area (Å²) < 4.78 is 22.1. The molecule has 1 aromatic rings. The fourth-order valence-corrected chi connectivity index (χ4v) is 2.59. The first-order chi connectivity index (χ1) is 8.19. The lowest BCUT2D eigenvalue weighted by Crippen LogP contribution is -2.37. The van der Waals surface area contributed by atoms with E-state index in [1.807, 2.05) is 0 Å². The fraction of sp³-hybridized carbons (Fsp3) is 0.400. The highest BCUT2D eigenvalue weighted by atomic mass is 35.5. The predicted molar refractivity (Wildman–Crippen MR) is 70.3 cm³/mol. The smallest absolute Gasteiger partial charge is 0.271 e. The van der Waals surface area contributed by atoms with Crippen LogP contribution in [0.4, 0.5) is 5.82 Å². The zero-order chi connectivity index (χ0) is 13.9. The number of carbonyl (C=O) groups is 1. The van der Waals surface area contributed by atoms with Crippen LogP contribution in [0.25, 0.3) is 0 Å². The second kappa shape index (κ2) is 5.53. The molecule has 1 heterocycles. The topological polar surface area (TPSA) is 102 Å². The quantitative estimate of drug-likeness (QED) is 0.840. The molecular weight excluding hydrogens is 278 g/mol. The molecule has 0 fully saturated rings. The van der Waals surface area contributed by atoms with Gasteiger partial charge >= 0.3 is 0 Å². The SMILES string of the molecule is CC(CS(C)(=O)=O)NC(=O)c1nc(N)ccc1Cl. The third-order valence-corrected chi connectivity index (χ3v) is 3.42. The summed E-state index contributed by atoms with van der Waals surface area (Å²) in [7, 11) is -3.16. The zero-order valence-corrected chi connectivity index (χ0v) is 11.5. The molecule has 1 aromatic heterocycles. The number of halogens is 1. The summed E-state index contributed by atoms with van der Waals surface area (Å²) in [6.45, 7) is 1.58. The predicted octanol–water partition coefficient (Wildman–Crippen LogP) is 0.480. The van der Waals surface area contributed by atoms with E-state index in [1.165, 1.54) is 12.1 Å². The third-order valence-electron chi connectivity index (χ3n) is 2.01. The number of nitrogens with one attached hydrogen (secondary N) is 1. The minimum absolute atomic E-state index is 0.0167. The summed E-state index contributed by atoms with van der Waals surface area (Å²) in [6.07, 6.45) is 1.10. The van der Waals surface area contributed by atoms with Crippen molar-refractivity contribution in [2.45, 2.75) is 13.0 Å². The molecule has 1 amide bonds. The lowest BCUT2D eigenvalue weighted by molar-refractivity contribution is 0.0939. The van der Waals surface area contributed by atoms with E-state index in [1.54, 1.807) is 6.92 Å². The van der Waals surface area contributed by atoms with Gasteiger partial charge in [0.15, 0.2) is 0 Å². The van der Waals surface area contributed by atoms with Gasteiger partial charge in [-0.1, -0.05) is 11.6 Å². The van der Waals surface area contributed by atoms with Crippen molar-refractivity contribution in [3.8, 4) is 0 Å². The molecule has 0 aliphatic heterocycles. The van der Waals surface area contributed by atoms with Crippen LogP contribution in [-0.4, -0.2) is 37.4 Å². The first-order valence-corrected chi connectivity index (χ1v) is 7.53. The molecule has 0 aromatic carbocycles. The normalized spacial score (nSPS) is 13.1. The van der Waals surface area contributed by atoms with E-state index in [9.17, 15) is 13.2 Å². The zero-order valence-electron chi connectivity index (χ0n) is 9.97. The minimum atomic E-state index is -3.16. The van der Waals surface area contributed by atoms with Crippen molar-refractivity contribution in [1.29, 1.82) is 0 Å². The summed E-state index contributed by atoms with van der Waals surface area (Å²) in [4.78, 5) is 15.6. The molecule has 8 heteroatoms. The van der Waals surface area contributed by atoms with Crippen LogP contribution in [0.1, 0.15) is 17.4 Å². The lowest BCUT2D eigenvalue weighted by atomic mass is 10.3. The Bertz CT molecular complexity index is 559. The van der Waals surface area contributed by atoms with Crippen molar-refractivity contribution < 1.29 is 13.2 Å². The Morgan fingerprint density at radius 2 is 2.17 bits per heavy atom. The molecule has 18 heavy (non-hydrogen) atoms. The molecule has 1 atom stereocenters. The van der Waals surface area contributed by atoms with Gasteiger partial charge in [0.2, 0.25) is 0 Å². The van der Waals surface area contributed by atoms with E-state index in [4.69, 9.17) is 17.3 Å². The molecule has 0 aliphatic rings. The number of nitrogens with zero attached hydrogens (tertiary/aromatic N) is 1. The van der Waals surface area contributed by atoms with Crippen LogP contribution in [0.3, 0.4) is 0 Å². The molecule has 0 aliphatic carbocycles. The van der Waals surface area contributed by atoms with Crippen molar-refractivity contribution in [3.05, 3.63) is 22.8 Å². The minimum Gasteiger partial charge on any atom is -0.384 e. The summed E-state index contributed by atoms with van der Waals surface area (Å²) in [5, 5.41) is 2.66. The molecular formula is C10H14ClN3O3S. The lowest BCUT2D eigenvalue weighted by Gasteiger charge is -2.13. The summed E-state index contributed by atoms with van der Waals surface area (Å²) in [5.74, 6) is -0.539. The summed E-state index contributed by atoms with van der Waals surface area (Å²) in [5.41, 5.74) is 5.44.